The van der Waals surface area contributed by atoms with Crippen molar-refractivity contribution in [3.05, 3.63) is 58.8 Å². The number of aryl methyl sites for hydroxylation is 3. The minimum Gasteiger partial charge on any atom is -0.350 e. The van der Waals surface area contributed by atoms with Crippen molar-refractivity contribution in [1.82, 2.24) is 25.2 Å². The van der Waals surface area contributed by atoms with Crippen LogP contribution in [0.1, 0.15) is 51.5 Å². The standard InChI is InChI=1S/C22H24FN5O2/c1-14-13-16(19-20(26-14)28-12-6-2-3-9-18(28)27-19)22(30)25-11-10-24-21(29)15-7-4-5-8-17(15)23/h4-5,7-8,13H,2-3,6,9-12H2,1H3,(H,24,29)(H,25,30). The molecule has 0 fully saturated rings. The van der Waals surface area contributed by atoms with Crippen molar-refractivity contribution in [3.8, 4) is 0 Å². The van der Waals surface area contributed by atoms with Gasteiger partial charge in [-0.15, -0.1) is 0 Å². The molecule has 30 heavy (non-hydrogen) atoms. The Balaban J connectivity index is 1.43. The quantitative estimate of drug-likeness (QED) is 0.634. The first-order valence-electron chi connectivity index (χ1n) is 10.2. The van der Waals surface area contributed by atoms with Crippen LogP contribution in [0, 0.1) is 12.7 Å². The van der Waals surface area contributed by atoms with E-state index >= 15 is 0 Å². The van der Waals surface area contributed by atoms with Crippen molar-refractivity contribution in [1.29, 1.82) is 0 Å². The second-order valence-corrected chi connectivity index (χ2v) is 7.47. The molecule has 0 atom stereocenters. The molecular weight excluding hydrogens is 385 g/mol. The van der Waals surface area contributed by atoms with Gasteiger partial charge in [0, 0.05) is 31.7 Å². The molecule has 2 N–H and O–H groups in total. The van der Waals surface area contributed by atoms with Crippen LogP contribution in [0.15, 0.2) is 30.3 Å². The number of carbonyl (C=O) groups is 2. The fourth-order valence-corrected chi connectivity index (χ4v) is 3.78. The van der Waals surface area contributed by atoms with Gasteiger partial charge in [-0.2, -0.15) is 0 Å². The third kappa shape index (κ3) is 4.03. The van der Waals surface area contributed by atoms with E-state index in [1.165, 1.54) is 24.6 Å². The summed E-state index contributed by atoms with van der Waals surface area (Å²) in [5.41, 5.74) is 2.59. The van der Waals surface area contributed by atoms with E-state index in [2.05, 4.69) is 20.2 Å². The van der Waals surface area contributed by atoms with E-state index in [-0.39, 0.29) is 24.6 Å². The van der Waals surface area contributed by atoms with Crippen molar-refractivity contribution in [3.63, 3.8) is 0 Å². The molecule has 0 spiro atoms. The summed E-state index contributed by atoms with van der Waals surface area (Å²) in [5, 5.41) is 5.42. The van der Waals surface area contributed by atoms with E-state index in [1.807, 2.05) is 6.92 Å². The SMILES string of the molecule is Cc1cc(C(=O)NCCNC(=O)c2ccccc2F)c2nc3n(c2n1)CCCCC3. The normalized spacial score (nSPS) is 13.5. The van der Waals surface area contributed by atoms with Gasteiger partial charge in [0.15, 0.2) is 5.65 Å². The van der Waals surface area contributed by atoms with Crippen LogP contribution < -0.4 is 10.6 Å². The van der Waals surface area contributed by atoms with E-state index in [4.69, 9.17) is 4.98 Å². The first-order valence-corrected chi connectivity index (χ1v) is 10.2. The lowest BCUT2D eigenvalue weighted by atomic mass is 10.2. The van der Waals surface area contributed by atoms with Crippen molar-refractivity contribution in [2.45, 2.75) is 39.2 Å². The Kier molecular flexibility index (Phi) is 5.74. The summed E-state index contributed by atoms with van der Waals surface area (Å²) in [6.07, 6.45) is 4.23. The molecule has 0 aliphatic carbocycles. The number of benzene rings is 1. The predicted molar refractivity (Wildman–Crippen MR) is 111 cm³/mol. The van der Waals surface area contributed by atoms with Crippen molar-refractivity contribution < 1.29 is 14.0 Å². The molecule has 1 aromatic carbocycles. The molecule has 8 heteroatoms. The first kappa shape index (κ1) is 20.0. The smallest absolute Gasteiger partial charge is 0.254 e. The molecule has 0 saturated heterocycles. The van der Waals surface area contributed by atoms with E-state index < -0.39 is 11.7 Å². The third-order valence-corrected chi connectivity index (χ3v) is 5.25. The zero-order valence-corrected chi connectivity index (χ0v) is 16.9. The summed E-state index contributed by atoms with van der Waals surface area (Å²) in [6.45, 7) is 3.13. The molecule has 2 amide bonds. The van der Waals surface area contributed by atoms with E-state index in [0.717, 1.165) is 43.0 Å². The Morgan fingerprint density at radius 1 is 1.03 bits per heavy atom. The van der Waals surface area contributed by atoms with Gasteiger partial charge in [0.2, 0.25) is 0 Å². The van der Waals surface area contributed by atoms with Gasteiger partial charge in [-0.05, 0) is 38.0 Å². The van der Waals surface area contributed by atoms with Crippen molar-refractivity contribution >= 4 is 23.0 Å². The number of hydrogen-bond acceptors (Lipinski definition) is 4. The highest BCUT2D eigenvalue weighted by Gasteiger charge is 2.20. The fraction of sp³-hybridized carbons (Fsp3) is 0.364. The van der Waals surface area contributed by atoms with Gasteiger partial charge in [0.05, 0.1) is 11.1 Å². The van der Waals surface area contributed by atoms with E-state index in [9.17, 15) is 14.0 Å². The fourth-order valence-electron chi connectivity index (χ4n) is 3.78. The van der Waals surface area contributed by atoms with Gasteiger partial charge >= 0.3 is 0 Å². The highest BCUT2D eigenvalue weighted by Crippen LogP contribution is 2.23. The number of hydrogen-bond donors (Lipinski definition) is 2. The monoisotopic (exact) mass is 409 g/mol. The lowest BCUT2D eigenvalue weighted by Gasteiger charge is -2.09. The maximum Gasteiger partial charge on any atom is 0.254 e. The molecule has 0 saturated carbocycles. The number of pyridine rings is 1. The lowest BCUT2D eigenvalue weighted by molar-refractivity contribution is 0.0926. The Labute approximate surface area is 173 Å². The number of nitrogens with one attached hydrogen (secondary N) is 2. The Bertz CT molecular complexity index is 1110. The molecule has 2 aromatic heterocycles. The second kappa shape index (κ2) is 8.61. The Hall–Kier alpha value is -3.29. The van der Waals surface area contributed by atoms with Crippen molar-refractivity contribution in [2.24, 2.45) is 0 Å². The van der Waals surface area contributed by atoms with Gasteiger partial charge in [-0.25, -0.2) is 14.4 Å². The molecule has 7 nitrogen and oxygen atoms in total. The number of amides is 2. The highest BCUT2D eigenvalue weighted by molar-refractivity contribution is 6.04. The van der Waals surface area contributed by atoms with Gasteiger partial charge in [0.1, 0.15) is 17.2 Å². The number of aromatic nitrogens is 3. The summed E-state index contributed by atoms with van der Waals surface area (Å²) >= 11 is 0. The average molecular weight is 409 g/mol. The van der Waals surface area contributed by atoms with E-state index in [0.29, 0.717) is 11.1 Å². The Morgan fingerprint density at radius 3 is 2.53 bits per heavy atom. The van der Waals surface area contributed by atoms with Crippen molar-refractivity contribution in [2.75, 3.05) is 13.1 Å². The second-order valence-electron chi connectivity index (χ2n) is 7.47. The van der Waals surface area contributed by atoms with Gasteiger partial charge in [0.25, 0.3) is 11.8 Å². The molecule has 0 radical (unpaired) electrons. The highest BCUT2D eigenvalue weighted by atomic mass is 19.1. The number of nitrogens with zero attached hydrogens (tertiary/aromatic N) is 3. The zero-order chi connectivity index (χ0) is 21.1. The van der Waals surface area contributed by atoms with Crippen LogP contribution in [0.25, 0.3) is 11.2 Å². The third-order valence-electron chi connectivity index (χ3n) is 5.25. The van der Waals surface area contributed by atoms with Crippen LogP contribution in [0.2, 0.25) is 0 Å². The summed E-state index contributed by atoms with van der Waals surface area (Å²) in [5.74, 6) is -0.374. The molecule has 3 heterocycles. The van der Waals surface area contributed by atoms with E-state index in [1.54, 1.807) is 12.1 Å². The average Bonchev–Trinajstić information content (AvgIpc) is 2.91. The largest absolute Gasteiger partial charge is 0.350 e. The number of halogens is 1. The van der Waals surface area contributed by atoms with Gasteiger partial charge in [-0.1, -0.05) is 18.6 Å². The van der Waals surface area contributed by atoms with Crippen LogP contribution in [0.3, 0.4) is 0 Å². The number of rotatable bonds is 5. The zero-order valence-electron chi connectivity index (χ0n) is 16.9. The minimum atomic E-state index is -0.576. The number of carbonyl (C=O) groups excluding carboxylic acids is 2. The van der Waals surface area contributed by atoms with Gasteiger partial charge in [-0.3, -0.25) is 9.59 Å². The summed E-state index contributed by atoms with van der Waals surface area (Å²) in [4.78, 5) is 34.2. The molecule has 0 bridgehead atoms. The molecule has 4 rings (SSSR count). The predicted octanol–water partition coefficient (Wildman–Crippen LogP) is 2.77. The Morgan fingerprint density at radius 2 is 1.77 bits per heavy atom. The topological polar surface area (TPSA) is 88.9 Å². The molecule has 156 valence electrons. The van der Waals surface area contributed by atoms with Crippen LogP contribution >= 0.6 is 0 Å². The summed E-state index contributed by atoms with van der Waals surface area (Å²) < 4.78 is 15.8. The van der Waals surface area contributed by atoms with Crippen LogP contribution in [0.4, 0.5) is 4.39 Å². The number of imidazole rings is 1. The van der Waals surface area contributed by atoms with Crippen LogP contribution in [0.5, 0.6) is 0 Å². The summed E-state index contributed by atoms with van der Waals surface area (Å²) in [6, 6.07) is 7.52. The summed E-state index contributed by atoms with van der Waals surface area (Å²) in [7, 11) is 0. The van der Waals surface area contributed by atoms with Gasteiger partial charge < -0.3 is 15.2 Å². The maximum atomic E-state index is 13.7. The molecular formula is C22H24FN5O2. The molecule has 3 aromatic rings. The lowest BCUT2D eigenvalue weighted by Crippen LogP contribution is -2.35. The molecule has 1 aliphatic rings. The van der Waals surface area contributed by atoms with Crippen LogP contribution in [-0.2, 0) is 13.0 Å². The molecule has 0 unspecified atom stereocenters. The maximum absolute atomic E-state index is 13.7. The minimum absolute atomic E-state index is 0.0187. The molecule has 1 aliphatic heterocycles. The first-order chi connectivity index (χ1) is 14.5. The van der Waals surface area contributed by atoms with Crippen LogP contribution in [-0.4, -0.2) is 39.4 Å². The number of fused-ring (bicyclic) bond motifs is 3.